The molecule has 14 heteroatoms. The molecule has 4 heterocycles. The van der Waals surface area contributed by atoms with Crippen molar-refractivity contribution in [2.45, 2.75) is 90.4 Å². The Morgan fingerprint density at radius 2 is 0.982 bits per heavy atom. The van der Waals surface area contributed by atoms with Crippen LogP contribution in [0.15, 0.2) is 60.9 Å². The average Bonchev–Trinajstić information content (AvgIpc) is 4.04. The number of amides is 4. The zero-order chi connectivity index (χ0) is 40.4. The van der Waals surface area contributed by atoms with Crippen LogP contribution in [0, 0.1) is 11.8 Å². The standard InChI is InChI=1S/C42H54N8O6/c1-25(2)41(5,47-39(53)55-7)37(51)49-21-9-11-33(49)35-43-23-31(45-35)29-17-13-27(14-18-29)28-15-19-30(20-16-28)32-24-44-36(46-32)34-12-10-22-50(34)38(52)42(6,26(3)4)48-40(54)56-8/h13-20,23-26,33-34H,9-12,21-22H2,1-8H3,(H,43,45)(H,44,46)(H,47,53)(H,48,54)/t33-,34?,41?,42-/m0/s1. The number of nitrogens with one attached hydrogen (secondary N) is 4. The summed E-state index contributed by atoms with van der Waals surface area (Å²) in [4.78, 5) is 71.9. The molecule has 0 bridgehead atoms. The molecule has 0 aliphatic carbocycles. The van der Waals surface area contributed by atoms with Crippen molar-refractivity contribution in [3.05, 3.63) is 72.6 Å². The molecule has 2 fully saturated rings. The molecule has 0 spiro atoms. The van der Waals surface area contributed by atoms with Gasteiger partial charge in [0.1, 0.15) is 22.7 Å². The Labute approximate surface area is 328 Å². The summed E-state index contributed by atoms with van der Waals surface area (Å²) >= 11 is 0. The van der Waals surface area contributed by atoms with Gasteiger partial charge in [0.2, 0.25) is 11.8 Å². The number of aromatic nitrogens is 4. The number of likely N-dealkylation sites (tertiary alicyclic amines) is 2. The number of nitrogens with zero attached hydrogens (tertiary/aromatic N) is 4. The Hall–Kier alpha value is -5.66. The number of benzene rings is 2. The summed E-state index contributed by atoms with van der Waals surface area (Å²) in [6.45, 7) is 12.3. The summed E-state index contributed by atoms with van der Waals surface area (Å²) in [7, 11) is 2.58. The zero-order valence-corrected chi connectivity index (χ0v) is 33.6. The zero-order valence-electron chi connectivity index (χ0n) is 33.6. The molecule has 2 unspecified atom stereocenters. The molecule has 0 saturated carbocycles. The molecule has 4 atom stereocenters. The molecule has 56 heavy (non-hydrogen) atoms. The Morgan fingerprint density at radius 3 is 1.30 bits per heavy atom. The highest BCUT2D eigenvalue weighted by atomic mass is 16.5. The van der Waals surface area contributed by atoms with E-state index in [-0.39, 0.29) is 35.7 Å². The van der Waals surface area contributed by atoms with E-state index >= 15 is 0 Å². The SMILES string of the molecule is COC(=O)NC(C)(C(=O)N1CCC[C@H]1c1ncc(-c2ccc(-c3ccc(-c4cnc(C5CCCN5C(=O)[C@@](C)(NC(=O)OC)C(C)C)[nH]4)cc3)cc2)[nH]1)C(C)C. The van der Waals surface area contributed by atoms with Crippen molar-refractivity contribution in [3.8, 4) is 33.6 Å². The van der Waals surface area contributed by atoms with Crippen LogP contribution in [-0.2, 0) is 19.1 Å². The minimum Gasteiger partial charge on any atom is -0.453 e. The second-order valence-corrected chi connectivity index (χ2v) is 15.8. The van der Waals surface area contributed by atoms with E-state index < -0.39 is 23.3 Å². The largest absolute Gasteiger partial charge is 0.453 e. The summed E-state index contributed by atoms with van der Waals surface area (Å²) in [6.07, 6.45) is 5.54. The number of hydrogen-bond donors (Lipinski definition) is 4. The summed E-state index contributed by atoms with van der Waals surface area (Å²) in [5.74, 6) is 0.800. The van der Waals surface area contributed by atoms with Gasteiger partial charge in [-0.3, -0.25) is 9.59 Å². The third-order valence-electron chi connectivity index (χ3n) is 11.9. The van der Waals surface area contributed by atoms with E-state index in [0.717, 1.165) is 59.3 Å². The fourth-order valence-corrected chi connectivity index (χ4v) is 7.59. The average molecular weight is 767 g/mol. The number of imidazole rings is 2. The van der Waals surface area contributed by atoms with Crippen LogP contribution in [0.5, 0.6) is 0 Å². The third kappa shape index (κ3) is 7.74. The van der Waals surface area contributed by atoms with Crippen LogP contribution in [0.2, 0.25) is 0 Å². The first-order chi connectivity index (χ1) is 26.7. The predicted octanol–water partition coefficient (Wildman–Crippen LogP) is 7.00. The van der Waals surface area contributed by atoms with Crippen molar-refractivity contribution in [2.24, 2.45) is 11.8 Å². The number of ether oxygens (including phenoxy) is 2. The van der Waals surface area contributed by atoms with E-state index in [1.54, 1.807) is 26.2 Å². The lowest BCUT2D eigenvalue weighted by atomic mass is 9.86. The number of carbonyl (C=O) groups is 4. The maximum atomic E-state index is 13.8. The van der Waals surface area contributed by atoms with Crippen molar-refractivity contribution >= 4 is 24.0 Å². The highest BCUT2D eigenvalue weighted by molar-refractivity contribution is 5.91. The fraction of sp³-hybridized carbons (Fsp3) is 0.476. The van der Waals surface area contributed by atoms with E-state index in [0.29, 0.717) is 24.7 Å². The number of rotatable bonds is 11. The second kappa shape index (κ2) is 16.2. The van der Waals surface area contributed by atoms with Gasteiger partial charge in [-0.2, -0.15) is 0 Å². The van der Waals surface area contributed by atoms with E-state index in [2.05, 4.69) is 69.1 Å². The van der Waals surface area contributed by atoms with Gasteiger partial charge < -0.3 is 39.9 Å². The van der Waals surface area contributed by atoms with Crippen molar-refractivity contribution in [3.63, 3.8) is 0 Å². The number of carbonyl (C=O) groups excluding carboxylic acids is 4. The van der Waals surface area contributed by atoms with Crippen molar-refractivity contribution in [1.82, 2.24) is 40.4 Å². The Bertz CT molecular complexity index is 1890. The van der Waals surface area contributed by atoms with Crippen LogP contribution < -0.4 is 10.6 Å². The number of alkyl carbamates (subject to hydrolysis) is 2. The third-order valence-corrected chi connectivity index (χ3v) is 11.9. The van der Waals surface area contributed by atoms with Gasteiger partial charge in [0.05, 0.1) is 50.1 Å². The number of aromatic amines is 2. The highest BCUT2D eigenvalue weighted by Crippen LogP contribution is 2.37. The van der Waals surface area contributed by atoms with Gasteiger partial charge in [0.15, 0.2) is 0 Å². The van der Waals surface area contributed by atoms with Gasteiger partial charge >= 0.3 is 12.2 Å². The molecule has 4 amide bonds. The van der Waals surface area contributed by atoms with E-state index in [1.807, 2.05) is 37.5 Å². The number of H-pyrrole nitrogens is 2. The maximum Gasteiger partial charge on any atom is 0.407 e. The van der Waals surface area contributed by atoms with Crippen LogP contribution >= 0.6 is 0 Å². The Balaban J connectivity index is 1.12. The Kier molecular flexibility index (Phi) is 11.6. The molecule has 0 radical (unpaired) electrons. The molecule has 2 saturated heterocycles. The topological polar surface area (TPSA) is 175 Å². The molecule has 298 valence electrons. The summed E-state index contributed by atoms with van der Waals surface area (Å²) in [6, 6.07) is 16.0. The Morgan fingerprint density at radius 1 is 0.643 bits per heavy atom. The lowest BCUT2D eigenvalue weighted by Crippen LogP contribution is -2.60. The second-order valence-electron chi connectivity index (χ2n) is 15.8. The molecule has 2 aromatic heterocycles. The molecule has 4 N–H and O–H groups in total. The van der Waals surface area contributed by atoms with Crippen molar-refractivity contribution < 1.29 is 28.7 Å². The first-order valence-electron chi connectivity index (χ1n) is 19.4. The summed E-state index contributed by atoms with van der Waals surface area (Å²) < 4.78 is 9.64. The quantitative estimate of drug-likeness (QED) is 0.126. The smallest absolute Gasteiger partial charge is 0.407 e. The van der Waals surface area contributed by atoms with Crippen molar-refractivity contribution in [2.75, 3.05) is 27.3 Å². The molecule has 2 aliphatic rings. The van der Waals surface area contributed by atoms with Crippen LogP contribution in [0.25, 0.3) is 33.6 Å². The lowest BCUT2D eigenvalue weighted by molar-refractivity contribution is -0.141. The van der Waals surface area contributed by atoms with Crippen LogP contribution in [0.4, 0.5) is 9.59 Å². The van der Waals surface area contributed by atoms with Gasteiger partial charge in [0.25, 0.3) is 0 Å². The van der Waals surface area contributed by atoms with E-state index in [9.17, 15) is 19.2 Å². The highest BCUT2D eigenvalue weighted by Gasteiger charge is 2.47. The summed E-state index contributed by atoms with van der Waals surface area (Å²) in [5.41, 5.74) is 3.51. The van der Waals surface area contributed by atoms with Crippen LogP contribution in [0.3, 0.4) is 0 Å². The molecule has 6 rings (SSSR count). The monoisotopic (exact) mass is 766 g/mol. The maximum absolute atomic E-state index is 13.8. The molecular formula is C42H54N8O6. The fourth-order valence-electron chi connectivity index (χ4n) is 7.59. The molecule has 2 aromatic carbocycles. The minimum atomic E-state index is -1.12. The normalized spacial score (nSPS) is 19.1. The molecular weight excluding hydrogens is 713 g/mol. The van der Waals surface area contributed by atoms with Gasteiger partial charge in [-0.15, -0.1) is 0 Å². The molecule has 4 aromatic rings. The van der Waals surface area contributed by atoms with E-state index in [1.165, 1.54) is 14.2 Å². The summed E-state index contributed by atoms with van der Waals surface area (Å²) in [5, 5.41) is 5.54. The van der Waals surface area contributed by atoms with Crippen LogP contribution in [-0.4, -0.2) is 92.1 Å². The first-order valence-corrected chi connectivity index (χ1v) is 19.4. The van der Waals surface area contributed by atoms with Gasteiger partial charge in [0, 0.05) is 13.1 Å². The minimum absolute atomic E-state index is 0.158. The van der Waals surface area contributed by atoms with Crippen molar-refractivity contribution in [1.29, 1.82) is 0 Å². The van der Waals surface area contributed by atoms with Crippen LogP contribution in [0.1, 0.15) is 91.0 Å². The van der Waals surface area contributed by atoms with E-state index in [4.69, 9.17) is 19.4 Å². The van der Waals surface area contributed by atoms with Gasteiger partial charge in [-0.05, 0) is 73.6 Å². The number of hydrogen-bond acceptors (Lipinski definition) is 8. The first kappa shape index (κ1) is 40.0. The van der Waals surface area contributed by atoms with Gasteiger partial charge in [-0.1, -0.05) is 76.2 Å². The van der Waals surface area contributed by atoms with Gasteiger partial charge in [-0.25, -0.2) is 19.6 Å². The molecule has 2 aliphatic heterocycles. The lowest BCUT2D eigenvalue weighted by Gasteiger charge is -2.37. The number of methoxy groups -OCH3 is 2. The molecule has 14 nitrogen and oxygen atoms in total. The predicted molar refractivity (Wildman–Crippen MR) is 212 cm³/mol.